The molecule has 0 unspecified atom stereocenters. The summed E-state index contributed by atoms with van der Waals surface area (Å²) in [6.45, 7) is 6.79. The number of nitrogen functional groups attached to an aromatic ring is 1. The van der Waals surface area contributed by atoms with E-state index >= 15 is 0 Å². The standard InChI is InChI=1S/C12H20N4/c1-9(2)16-7-3-4-10(8-16)11-5-6-14-12(13)15-11/h5-6,9-10H,3-4,7-8H2,1-2H3,(H2,13,14,15)/t10-/m0/s1. The van der Waals surface area contributed by atoms with E-state index in [4.69, 9.17) is 5.73 Å². The molecule has 1 aliphatic heterocycles. The van der Waals surface area contributed by atoms with Gasteiger partial charge in [0.25, 0.3) is 0 Å². The molecular weight excluding hydrogens is 200 g/mol. The summed E-state index contributed by atoms with van der Waals surface area (Å²) in [6, 6.07) is 2.60. The van der Waals surface area contributed by atoms with E-state index in [0.29, 0.717) is 17.9 Å². The van der Waals surface area contributed by atoms with Crippen LogP contribution in [0, 0.1) is 0 Å². The van der Waals surface area contributed by atoms with Gasteiger partial charge in [-0.1, -0.05) is 0 Å². The monoisotopic (exact) mass is 220 g/mol. The SMILES string of the molecule is CC(C)N1CCC[C@H](c2ccnc(N)n2)C1. The number of hydrogen-bond acceptors (Lipinski definition) is 4. The summed E-state index contributed by atoms with van der Waals surface area (Å²) in [5.74, 6) is 0.903. The van der Waals surface area contributed by atoms with Crippen LogP contribution >= 0.6 is 0 Å². The molecule has 1 aromatic rings. The largest absolute Gasteiger partial charge is 0.368 e. The molecule has 0 amide bonds. The lowest BCUT2D eigenvalue weighted by atomic mass is 9.94. The molecule has 2 heterocycles. The van der Waals surface area contributed by atoms with Crippen molar-refractivity contribution in [3.8, 4) is 0 Å². The van der Waals surface area contributed by atoms with Gasteiger partial charge in [0, 0.05) is 24.7 Å². The third-order valence-electron chi connectivity index (χ3n) is 3.30. The molecule has 0 spiro atoms. The van der Waals surface area contributed by atoms with Crippen LogP contribution in [0.2, 0.25) is 0 Å². The van der Waals surface area contributed by atoms with Gasteiger partial charge in [0.1, 0.15) is 0 Å². The maximum atomic E-state index is 5.62. The van der Waals surface area contributed by atoms with Gasteiger partial charge in [0.05, 0.1) is 5.69 Å². The number of hydrogen-bond donors (Lipinski definition) is 1. The summed E-state index contributed by atoms with van der Waals surface area (Å²) in [5.41, 5.74) is 6.72. The number of nitrogens with zero attached hydrogens (tertiary/aromatic N) is 3. The van der Waals surface area contributed by atoms with Crippen molar-refractivity contribution in [1.29, 1.82) is 0 Å². The predicted molar refractivity (Wildman–Crippen MR) is 65.1 cm³/mol. The Hall–Kier alpha value is -1.16. The molecule has 4 nitrogen and oxygen atoms in total. The molecule has 1 atom stereocenters. The number of anilines is 1. The highest BCUT2D eigenvalue weighted by Crippen LogP contribution is 2.26. The average molecular weight is 220 g/mol. The number of rotatable bonds is 2. The molecule has 0 aromatic carbocycles. The quantitative estimate of drug-likeness (QED) is 0.823. The number of aromatic nitrogens is 2. The van der Waals surface area contributed by atoms with Crippen LogP contribution in [0.3, 0.4) is 0 Å². The highest BCUT2D eigenvalue weighted by atomic mass is 15.2. The molecule has 0 saturated carbocycles. The Morgan fingerprint density at radius 1 is 1.50 bits per heavy atom. The summed E-state index contributed by atoms with van der Waals surface area (Å²) in [4.78, 5) is 10.8. The van der Waals surface area contributed by atoms with Crippen molar-refractivity contribution < 1.29 is 0 Å². The predicted octanol–water partition coefficient (Wildman–Crippen LogP) is 1.65. The Labute approximate surface area is 96.9 Å². The zero-order valence-corrected chi connectivity index (χ0v) is 10.1. The van der Waals surface area contributed by atoms with Gasteiger partial charge in [-0.05, 0) is 39.3 Å². The molecule has 4 heteroatoms. The van der Waals surface area contributed by atoms with Gasteiger partial charge < -0.3 is 10.6 Å². The van der Waals surface area contributed by atoms with Crippen molar-refractivity contribution in [1.82, 2.24) is 14.9 Å². The van der Waals surface area contributed by atoms with Gasteiger partial charge in [0.15, 0.2) is 0 Å². The van der Waals surface area contributed by atoms with Crippen LogP contribution in [0.5, 0.6) is 0 Å². The van der Waals surface area contributed by atoms with Crippen molar-refractivity contribution in [3.05, 3.63) is 18.0 Å². The molecular formula is C12H20N4. The van der Waals surface area contributed by atoms with Crippen molar-refractivity contribution in [2.45, 2.75) is 38.6 Å². The molecule has 0 aliphatic carbocycles. The van der Waals surface area contributed by atoms with E-state index < -0.39 is 0 Å². The second-order valence-electron chi connectivity index (χ2n) is 4.77. The van der Waals surface area contributed by atoms with E-state index in [1.807, 2.05) is 6.07 Å². The molecule has 2 N–H and O–H groups in total. The number of likely N-dealkylation sites (tertiary alicyclic amines) is 1. The van der Waals surface area contributed by atoms with Gasteiger partial charge in [-0.3, -0.25) is 0 Å². The van der Waals surface area contributed by atoms with Gasteiger partial charge in [-0.25, -0.2) is 9.97 Å². The Kier molecular flexibility index (Phi) is 3.39. The Bertz CT molecular complexity index is 351. The molecule has 1 aliphatic rings. The fourth-order valence-corrected chi connectivity index (χ4v) is 2.33. The Morgan fingerprint density at radius 3 is 3.00 bits per heavy atom. The van der Waals surface area contributed by atoms with Gasteiger partial charge in [0.2, 0.25) is 5.95 Å². The van der Waals surface area contributed by atoms with Crippen LogP contribution < -0.4 is 5.73 Å². The van der Waals surface area contributed by atoms with Crippen LogP contribution in [0.15, 0.2) is 12.3 Å². The first-order valence-corrected chi connectivity index (χ1v) is 5.99. The topological polar surface area (TPSA) is 55.0 Å². The van der Waals surface area contributed by atoms with E-state index in [2.05, 4.69) is 28.7 Å². The smallest absolute Gasteiger partial charge is 0.220 e. The average Bonchev–Trinajstić information content (AvgIpc) is 2.29. The molecule has 1 saturated heterocycles. The minimum Gasteiger partial charge on any atom is -0.368 e. The zero-order valence-electron chi connectivity index (χ0n) is 10.1. The summed E-state index contributed by atoms with van der Waals surface area (Å²) in [7, 11) is 0. The molecule has 0 radical (unpaired) electrons. The van der Waals surface area contributed by atoms with E-state index in [0.717, 1.165) is 12.2 Å². The molecule has 2 rings (SSSR count). The molecule has 1 fully saturated rings. The summed E-state index contributed by atoms with van der Waals surface area (Å²) >= 11 is 0. The first-order chi connectivity index (χ1) is 7.66. The highest BCUT2D eigenvalue weighted by Gasteiger charge is 2.23. The Balaban J connectivity index is 2.09. The summed E-state index contributed by atoms with van der Waals surface area (Å²) in [5, 5.41) is 0. The molecule has 88 valence electrons. The van der Waals surface area contributed by atoms with Crippen molar-refractivity contribution in [2.24, 2.45) is 0 Å². The van der Waals surface area contributed by atoms with Crippen LogP contribution in [0.25, 0.3) is 0 Å². The molecule has 1 aromatic heterocycles. The fourth-order valence-electron chi connectivity index (χ4n) is 2.33. The van der Waals surface area contributed by atoms with Crippen molar-refractivity contribution in [2.75, 3.05) is 18.8 Å². The van der Waals surface area contributed by atoms with Gasteiger partial charge >= 0.3 is 0 Å². The van der Waals surface area contributed by atoms with Crippen molar-refractivity contribution >= 4 is 5.95 Å². The van der Waals surface area contributed by atoms with E-state index in [9.17, 15) is 0 Å². The second kappa shape index (κ2) is 4.78. The number of piperidine rings is 1. The first-order valence-electron chi connectivity index (χ1n) is 5.99. The lowest BCUT2D eigenvalue weighted by Gasteiger charge is -2.35. The number of nitrogens with two attached hydrogens (primary N) is 1. The first kappa shape index (κ1) is 11.3. The lowest BCUT2D eigenvalue weighted by Crippen LogP contribution is -2.39. The van der Waals surface area contributed by atoms with E-state index in [1.54, 1.807) is 6.20 Å². The molecule has 0 bridgehead atoms. The normalized spacial score (nSPS) is 22.6. The lowest BCUT2D eigenvalue weighted by molar-refractivity contribution is 0.166. The highest BCUT2D eigenvalue weighted by molar-refractivity contribution is 5.20. The van der Waals surface area contributed by atoms with Crippen LogP contribution in [0.4, 0.5) is 5.95 Å². The zero-order chi connectivity index (χ0) is 11.5. The fraction of sp³-hybridized carbons (Fsp3) is 0.667. The van der Waals surface area contributed by atoms with Crippen LogP contribution in [0.1, 0.15) is 38.3 Å². The minimum atomic E-state index is 0.388. The Morgan fingerprint density at radius 2 is 2.31 bits per heavy atom. The summed E-state index contributed by atoms with van der Waals surface area (Å²) < 4.78 is 0. The maximum absolute atomic E-state index is 5.62. The van der Waals surface area contributed by atoms with Gasteiger partial charge in [-0.2, -0.15) is 0 Å². The van der Waals surface area contributed by atoms with E-state index in [1.165, 1.54) is 19.4 Å². The minimum absolute atomic E-state index is 0.388. The van der Waals surface area contributed by atoms with E-state index in [-0.39, 0.29) is 0 Å². The van der Waals surface area contributed by atoms with Crippen LogP contribution in [-0.2, 0) is 0 Å². The second-order valence-corrected chi connectivity index (χ2v) is 4.77. The van der Waals surface area contributed by atoms with Gasteiger partial charge in [-0.15, -0.1) is 0 Å². The maximum Gasteiger partial charge on any atom is 0.220 e. The third-order valence-corrected chi connectivity index (χ3v) is 3.30. The molecule has 16 heavy (non-hydrogen) atoms. The van der Waals surface area contributed by atoms with Crippen molar-refractivity contribution in [3.63, 3.8) is 0 Å². The summed E-state index contributed by atoms with van der Waals surface area (Å²) in [6.07, 6.45) is 4.21. The third kappa shape index (κ3) is 2.50. The van der Waals surface area contributed by atoms with Crippen LogP contribution in [-0.4, -0.2) is 34.0 Å².